The molecule has 5 rings (SSSR count). The Morgan fingerprint density at radius 1 is 1.21 bits per heavy atom. The molecule has 2 aliphatic rings. The van der Waals surface area contributed by atoms with Gasteiger partial charge < -0.3 is 10.2 Å². The largest absolute Gasteiger partial charge is 0.343 e. The maximum atomic E-state index is 12.7. The predicted molar refractivity (Wildman–Crippen MR) is 90.4 cm³/mol. The fourth-order valence-corrected chi connectivity index (χ4v) is 4.96. The molecule has 0 spiro atoms. The molecule has 0 saturated carbocycles. The van der Waals surface area contributed by atoms with Crippen molar-refractivity contribution >= 4 is 33.1 Å². The number of quaternary nitrogens is 1. The fourth-order valence-electron chi connectivity index (χ4n) is 3.74. The Labute approximate surface area is 142 Å². The molecule has 124 valence electrons. The van der Waals surface area contributed by atoms with Gasteiger partial charge in [-0.1, -0.05) is 0 Å². The van der Waals surface area contributed by atoms with Gasteiger partial charge in [0.05, 0.1) is 31.6 Å². The van der Waals surface area contributed by atoms with Gasteiger partial charge in [-0.05, 0) is 31.2 Å². The molecular weight excluding hydrogens is 324 g/mol. The smallest absolute Gasteiger partial charge is 0.293 e. The molecule has 3 aromatic heterocycles. The number of piperazine rings is 1. The first-order valence-corrected chi connectivity index (χ1v) is 9.39. The zero-order valence-corrected chi connectivity index (χ0v) is 14.2. The second-order valence-corrected chi connectivity index (χ2v) is 7.58. The van der Waals surface area contributed by atoms with Gasteiger partial charge >= 0.3 is 0 Å². The number of thiophene rings is 1. The van der Waals surface area contributed by atoms with E-state index in [0.29, 0.717) is 5.82 Å². The van der Waals surface area contributed by atoms with Crippen LogP contribution in [-0.2, 0) is 12.8 Å². The summed E-state index contributed by atoms with van der Waals surface area (Å²) in [5.41, 5.74) is 2.16. The molecule has 1 aliphatic carbocycles. The molecule has 2 N–H and O–H groups in total. The molecule has 0 bridgehead atoms. The number of hydrogen-bond acceptors (Lipinski definition) is 5. The quantitative estimate of drug-likeness (QED) is 0.686. The highest BCUT2D eigenvalue weighted by molar-refractivity contribution is 7.19. The second kappa shape index (κ2) is 5.49. The number of aromatic nitrogens is 4. The molecule has 24 heavy (non-hydrogen) atoms. The third kappa shape index (κ3) is 2.13. The molecule has 0 atom stereocenters. The summed E-state index contributed by atoms with van der Waals surface area (Å²) >= 11 is 1.77. The zero-order chi connectivity index (χ0) is 16.1. The van der Waals surface area contributed by atoms with E-state index in [2.05, 4.69) is 20.4 Å². The van der Waals surface area contributed by atoms with Crippen LogP contribution in [0.4, 0.5) is 0 Å². The molecule has 1 amide bonds. The van der Waals surface area contributed by atoms with E-state index in [9.17, 15) is 4.79 Å². The van der Waals surface area contributed by atoms with Gasteiger partial charge in [0.1, 0.15) is 11.2 Å². The van der Waals surface area contributed by atoms with E-state index in [1.807, 2.05) is 4.90 Å². The van der Waals surface area contributed by atoms with E-state index in [0.717, 1.165) is 54.9 Å². The lowest BCUT2D eigenvalue weighted by molar-refractivity contribution is -0.661. The van der Waals surface area contributed by atoms with Crippen molar-refractivity contribution in [3.05, 3.63) is 22.6 Å². The van der Waals surface area contributed by atoms with Gasteiger partial charge in [-0.2, -0.15) is 0 Å². The molecule has 0 aromatic carbocycles. The van der Waals surface area contributed by atoms with Gasteiger partial charge in [-0.3, -0.25) is 4.79 Å². The molecule has 1 fully saturated rings. The average Bonchev–Trinajstić information content (AvgIpc) is 3.22. The molecule has 8 heteroatoms. The molecule has 0 unspecified atom stereocenters. The zero-order valence-electron chi connectivity index (χ0n) is 13.4. The van der Waals surface area contributed by atoms with E-state index in [1.54, 1.807) is 22.2 Å². The van der Waals surface area contributed by atoms with Crippen molar-refractivity contribution in [1.82, 2.24) is 24.5 Å². The Kier molecular flexibility index (Phi) is 3.27. The van der Waals surface area contributed by atoms with Crippen LogP contribution in [0.1, 0.15) is 33.9 Å². The summed E-state index contributed by atoms with van der Waals surface area (Å²) in [7, 11) is 0. The number of carbonyl (C=O) groups excluding carboxylic acids is 1. The van der Waals surface area contributed by atoms with E-state index >= 15 is 0 Å². The van der Waals surface area contributed by atoms with Gasteiger partial charge in [0.15, 0.2) is 5.65 Å². The minimum atomic E-state index is -0.0657. The summed E-state index contributed by atoms with van der Waals surface area (Å²) in [5.74, 6) is 0.228. The maximum absolute atomic E-state index is 12.7. The van der Waals surface area contributed by atoms with E-state index in [1.165, 1.54) is 23.3 Å². The minimum absolute atomic E-state index is 0.0657. The number of nitrogens with two attached hydrogens (primary N) is 1. The monoisotopic (exact) mass is 343 g/mol. The first kappa shape index (κ1) is 14.3. The molecule has 1 saturated heterocycles. The van der Waals surface area contributed by atoms with Crippen LogP contribution in [0.15, 0.2) is 6.33 Å². The number of fused-ring (bicyclic) bond motifs is 5. The maximum Gasteiger partial charge on any atom is 0.293 e. The third-order valence-corrected chi connectivity index (χ3v) is 6.18. The van der Waals surface area contributed by atoms with Crippen molar-refractivity contribution in [3.8, 4) is 0 Å². The summed E-state index contributed by atoms with van der Waals surface area (Å²) in [4.78, 5) is 26.2. The Morgan fingerprint density at radius 3 is 2.92 bits per heavy atom. The molecule has 7 nitrogen and oxygen atoms in total. The van der Waals surface area contributed by atoms with Crippen LogP contribution in [0.3, 0.4) is 0 Å². The Bertz CT molecular complexity index is 939. The lowest BCUT2D eigenvalue weighted by Gasteiger charge is -2.23. The number of amides is 1. The van der Waals surface area contributed by atoms with E-state index in [-0.39, 0.29) is 5.91 Å². The van der Waals surface area contributed by atoms with Gasteiger partial charge in [0.2, 0.25) is 5.82 Å². The van der Waals surface area contributed by atoms with E-state index in [4.69, 9.17) is 0 Å². The first-order valence-electron chi connectivity index (χ1n) is 8.58. The molecule has 0 radical (unpaired) electrons. The van der Waals surface area contributed by atoms with Gasteiger partial charge in [0.25, 0.3) is 5.91 Å². The highest BCUT2D eigenvalue weighted by atomic mass is 32.1. The summed E-state index contributed by atoms with van der Waals surface area (Å²) in [6.07, 6.45) is 6.36. The Balaban J connectivity index is 1.63. The highest BCUT2D eigenvalue weighted by Gasteiger charge is 2.25. The normalized spacial score (nSPS) is 18.2. The van der Waals surface area contributed by atoms with E-state index < -0.39 is 0 Å². The van der Waals surface area contributed by atoms with Crippen LogP contribution in [0.5, 0.6) is 0 Å². The first-order chi connectivity index (χ1) is 11.8. The lowest BCUT2D eigenvalue weighted by atomic mass is 9.97. The molecule has 1 aliphatic heterocycles. The highest BCUT2D eigenvalue weighted by Crippen LogP contribution is 2.36. The summed E-state index contributed by atoms with van der Waals surface area (Å²) in [5, 5.41) is 7.75. The van der Waals surface area contributed by atoms with Crippen LogP contribution in [-0.4, -0.2) is 56.6 Å². The molecular formula is C16H19N6OS+. The van der Waals surface area contributed by atoms with Crippen LogP contribution in [0.2, 0.25) is 0 Å². The van der Waals surface area contributed by atoms with Crippen molar-refractivity contribution in [2.24, 2.45) is 0 Å². The van der Waals surface area contributed by atoms with Crippen molar-refractivity contribution in [2.75, 3.05) is 26.2 Å². The Hall–Kier alpha value is -2.06. The lowest BCUT2D eigenvalue weighted by Crippen LogP contribution is -2.89. The number of nitrogens with zero attached hydrogens (tertiary/aromatic N) is 5. The van der Waals surface area contributed by atoms with Crippen molar-refractivity contribution < 1.29 is 10.1 Å². The van der Waals surface area contributed by atoms with Crippen molar-refractivity contribution in [3.63, 3.8) is 0 Å². The standard InChI is InChI=1S/C16H18N6OS/c23-16(21-7-5-17-6-8-21)13-19-14-12-10-3-1-2-4-11(10)24-15(12)18-9-22(14)20-13/h9,17H,1-8H2/p+1. The van der Waals surface area contributed by atoms with Crippen molar-refractivity contribution in [1.29, 1.82) is 0 Å². The number of rotatable bonds is 1. The molecule has 3 aromatic rings. The average molecular weight is 343 g/mol. The van der Waals surface area contributed by atoms with Gasteiger partial charge in [0, 0.05) is 4.88 Å². The minimum Gasteiger partial charge on any atom is -0.343 e. The van der Waals surface area contributed by atoms with Crippen LogP contribution >= 0.6 is 11.3 Å². The third-order valence-electron chi connectivity index (χ3n) is 4.98. The summed E-state index contributed by atoms with van der Waals surface area (Å²) in [6, 6.07) is 0. The SMILES string of the molecule is O=C(c1nc2c3c4c(sc3ncn2n1)CCCC4)N1CC[NH2+]CC1. The number of hydrogen-bond donors (Lipinski definition) is 1. The molecule has 4 heterocycles. The summed E-state index contributed by atoms with van der Waals surface area (Å²) in [6.45, 7) is 3.41. The summed E-state index contributed by atoms with van der Waals surface area (Å²) < 4.78 is 1.67. The van der Waals surface area contributed by atoms with Gasteiger partial charge in [-0.25, -0.2) is 14.5 Å². The van der Waals surface area contributed by atoms with Crippen LogP contribution < -0.4 is 5.32 Å². The predicted octanol–water partition coefficient (Wildman–Crippen LogP) is 0.237. The Morgan fingerprint density at radius 2 is 2.04 bits per heavy atom. The fraction of sp³-hybridized carbons (Fsp3) is 0.500. The van der Waals surface area contributed by atoms with Crippen molar-refractivity contribution in [2.45, 2.75) is 25.7 Å². The second-order valence-electron chi connectivity index (χ2n) is 6.50. The van der Waals surface area contributed by atoms with Crippen LogP contribution in [0, 0.1) is 0 Å². The number of carbonyl (C=O) groups is 1. The topological polar surface area (TPSA) is 80.0 Å². The number of aryl methyl sites for hydroxylation is 2. The van der Waals surface area contributed by atoms with Crippen LogP contribution in [0.25, 0.3) is 15.9 Å². The van der Waals surface area contributed by atoms with Gasteiger partial charge in [-0.15, -0.1) is 16.4 Å².